The number of hydrogen-bond acceptors (Lipinski definition) is 3. The van der Waals surface area contributed by atoms with E-state index in [-0.39, 0.29) is 0 Å². The molecule has 0 aliphatic rings. The zero-order chi connectivity index (χ0) is 10.5. The van der Waals surface area contributed by atoms with Crippen molar-refractivity contribution in [3.8, 4) is 18.2 Å². The van der Waals surface area contributed by atoms with Gasteiger partial charge in [-0.3, -0.25) is 0 Å². The first-order valence-corrected chi connectivity index (χ1v) is 4.68. The molecular formula is C12H10N2O. The molecule has 0 aliphatic carbocycles. The van der Waals surface area contributed by atoms with Crippen LogP contribution in [0.2, 0.25) is 0 Å². The molecule has 2 aromatic rings. The molecule has 15 heavy (non-hydrogen) atoms. The summed E-state index contributed by atoms with van der Waals surface area (Å²) in [6.07, 6.45) is 7.22. The Morgan fingerprint density at radius 3 is 3.00 bits per heavy atom. The summed E-state index contributed by atoms with van der Waals surface area (Å²) in [6, 6.07) is 7.71. The van der Waals surface area contributed by atoms with E-state index < -0.39 is 0 Å². The van der Waals surface area contributed by atoms with E-state index in [1.54, 1.807) is 0 Å². The van der Waals surface area contributed by atoms with Crippen LogP contribution in [0.15, 0.2) is 30.6 Å². The summed E-state index contributed by atoms with van der Waals surface area (Å²) in [6.45, 7) is 0.484. The standard InChI is InChI=1S/C12H10N2O/c1-2-3-8-15-12-10-6-4-5-7-11(10)13-9-14-12/h1,4-7,9H,3,8H2. The molecule has 1 heterocycles. The van der Waals surface area contributed by atoms with Gasteiger partial charge in [-0.1, -0.05) is 12.1 Å². The predicted molar refractivity (Wildman–Crippen MR) is 58.5 cm³/mol. The van der Waals surface area contributed by atoms with E-state index in [2.05, 4.69) is 15.9 Å². The number of ether oxygens (including phenoxy) is 1. The molecule has 0 bridgehead atoms. The number of aromatic nitrogens is 2. The minimum absolute atomic E-state index is 0.484. The third-order valence-electron chi connectivity index (χ3n) is 1.99. The lowest BCUT2D eigenvalue weighted by Gasteiger charge is -2.05. The molecule has 0 saturated carbocycles. The molecular weight excluding hydrogens is 188 g/mol. The van der Waals surface area contributed by atoms with E-state index in [0.717, 1.165) is 10.9 Å². The number of terminal acetylenes is 1. The van der Waals surface area contributed by atoms with Crippen molar-refractivity contribution in [1.82, 2.24) is 9.97 Å². The maximum absolute atomic E-state index is 5.47. The molecule has 0 spiro atoms. The molecule has 2 rings (SSSR count). The first-order chi connectivity index (χ1) is 7.42. The predicted octanol–water partition coefficient (Wildman–Crippen LogP) is 2.03. The second-order valence-electron chi connectivity index (χ2n) is 3.00. The van der Waals surface area contributed by atoms with Crippen LogP contribution in [0.1, 0.15) is 6.42 Å². The van der Waals surface area contributed by atoms with Crippen molar-refractivity contribution in [3.63, 3.8) is 0 Å². The van der Waals surface area contributed by atoms with Gasteiger partial charge in [-0.15, -0.1) is 12.3 Å². The normalized spacial score (nSPS) is 9.80. The fourth-order valence-corrected chi connectivity index (χ4v) is 1.30. The zero-order valence-electron chi connectivity index (χ0n) is 8.18. The fourth-order valence-electron chi connectivity index (χ4n) is 1.30. The van der Waals surface area contributed by atoms with Crippen molar-refractivity contribution in [2.75, 3.05) is 6.61 Å². The van der Waals surface area contributed by atoms with Crippen molar-refractivity contribution in [2.24, 2.45) is 0 Å². The summed E-state index contributed by atoms with van der Waals surface area (Å²) in [5, 5.41) is 0.914. The van der Waals surface area contributed by atoms with Gasteiger partial charge in [0.2, 0.25) is 5.88 Å². The lowest BCUT2D eigenvalue weighted by Crippen LogP contribution is -1.99. The Balaban J connectivity index is 2.31. The monoisotopic (exact) mass is 198 g/mol. The maximum atomic E-state index is 5.47. The van der Waals surface area contributed by atoms with E-state index >= 15 is 0 Å². The van der Waals surface area contributed by atoms with Gasteiger partial charge in [0.05, 0.1) is 10.9 Å². The smallest absolute Gasteiger partial charge is 0.224 e. The van der Waals surface area contributed by atoms with Crippen LogP contribution in [0.25, 0.3) is 10.9 Å². The van der Waals surface area contributed by atoms with Gasteiger partial charge in [-0.2, -0.15) is 0 Å². The van der Waals surface area contributed by atoms with Gasteiger partial charge in [0.25, 0.3) is 0 Å². The molecule has 1 aromatic carbocycles. The van der Waals surface area contributed by atoms with Crippen molar-refractivity contribution in [2.45, 2.75) is 6.42 Å². The van der Waals surface area contributed by atoms with Crippen LogP contribution >= 0.6 is 0 Å². The molecule has 1 aromatic heterocycles. The minimum Gasteiger partial charge on any atom is -0.476 e. The summed E-state index contributed by atoms with van der Waals surface area (Å²) >= 11 is 0. The molecule has 0 aliphatic heterocycles. The Labute approximate surface area is 88.1 Å². The third kappa shape index (κ3) is 2.05. The van der Waals surface area contributed by atoms with Crippen molar-refractivity contribution in [3.05, 3.63) is 30.6 Å². The Morgan fingerprint density at radius 2 is 2.13 bits per heavy atom. The molecule has 3 heteroatoms. The van der Waals surface area contributed by atoms with Gasteiger partial charge in [-0.05, 0) is 12.1 Å². The number of rotatable bonds is 3. The molecule has 0 amide bonds. The summed E-state index contributed by atoms with van der Waals surface area (Å²) in [5.41, 5.74) is 0.878. The van der Waals surface area contributed by atoms with Gasteiger partial charge >= 0.3 is 0 Å². The zero-order valence-corrected chi connectivity index (χ0v) is 8.18. The van der Waals surface area contributed by atoms with E-state index in [9.17, 15) is 0 Å². The van der Waals surface area contributed by atoms with E-state index in [1.807, 2.05) is 24.3 Å². The topological polar surface area (TPSA) is 35.0 Å². The lowest BCUT2D eigenvalue weighted by molar-refractivity contribution is 0.318. The molecule has 0 unspecified atom stereocenters. The van der Waals surface area contributed by atoms with E-state index in [0.29, 0.717) is 18.9 Å². The molecule has 3 nitrogen and oxygen atoms in total. The highest BCUT2D eigenvalue weighted by atomic mass is 16.5. The maximum Gasteiger partial charge on any atom is 0.224 e. The van der Waals surface area contributed by atoms with Gasteiger partial charge in [0, 0.05) is 6.42 Å². The second-order valence-corrected chi connectivity index (χ2v) is 3.00. The van der Waals surface area contributed by atoms with Gasteiger partial charge < -0.3 is 4.74 Å². The number of para-hydroxylation sites is 1. The average molecular weight is 198 g/mol. The van der Waals surface area contributed by atoms with Crippen LogP contribution in [-0.4, -0.2) is 16.6 Å². The van der Waals surface area contributed by atoms with E-state index in [1.165, 1.54) is 6.33 Å². The van der Waals surface area contributed by atoms with Crippen LogP contribution in [0.3, 0.4) is 0 Å². The highest BCUT2D eigenvalue weighted by molar-refractivity contribution is 5.82. The summed E-state index contributed by atoms with van der Waals surface area (Å²) < 4.78 is 5.47. The van der Waals surface area contributed by atoms with Crippen molar-refractivity contribution >= 4 is 10.9 Å². The Morgan fingerprint density at radius 1 is 1.27 bits per heavy atom. The number of nitrogens with zero attached hydrogens (tertiary/aromatic N) is 2. The first-order valence-electron chi connectivity index (χ1n) is 4.68. The third-order valence-corrected chi connectivity index (χ3v) is 1.99. The average Bonchev–Trinajstić information content (AvgIpc) is 2.30. The summed E-state index contributed by atoms with van der Waals surface area (Å²) in [7, 11) is 0. The van der Waals surface area contributed by atoms with Gasteiger partial charge in [-0.25, -0.2) is 9.97 Å². The molecule has 0 N–H and O–H groups in total. The number of benzene rings is 1. The molecule has 74 valence electrons. The quantitative estimate of drug-likeness (QED) is 0.559. The Hall–Kier alpha value is -2.08. The first kappa shape index (κ1) is 9.47. The van der Waals surface area contributed by atoms with Gasteiger partial charge in [0.15, 0.2) is 0 Å². The van der Waals surface area contributed by atoms with Crippen LogP contribution in [-0.2, 0) is 0 Å². The SMILES string of the molecule is C#CCCOc1ncnc2ccccc12. The number of hydrogen-bond donors (Lipinski definition) is 0. The largest absolute Gasteiger partial charge is 0.476 e. The fraction of sp³-hybridized carbons (Fsp3) is 0.167. The summed E-state index contributed by atoms with van der Waals surface area (Å²) in [4.78, 5) is 8.22. The Kier molecular flexibility index (Phi) is 2.80. The van der Waals surface area contributed by atoms with Crippen LogP contribution < -0.4 is 4.74 Å². The second kappa shape index (κ2) is 4.43. The van der Waals surface area contributed by atoms with Crippen molar-refractivity contribution < 1.29 is 4.74 Å². The van der Waals surface area contributed by atoms with Crippen LogP contribution in [0, 0.1) is 12.3 Å². The molecule has 0 saturated heterocycles. The van der Waals surface area contributed by atoms with Crippen molar-refractivity contribution in [1.29, 1.82) is 0 Å². The van der Waals surface area contributed by atoms with Gasteiger partial charge in [0.1, 0.15) is 12.9 Å². The van der Waals surface area contributed by atoms with E-state index in [4.69, 9.17) is 11.2 Å². The Bertz CT molecular complexity index is 497. The lowest BCUT2D eigenvalue weighted by atomic mass is 10.2. The highest BCUT2D eigenvalue weighted by Crippen LogP contribution is 2.20. The molecule has 0 atom stereocenters. The summed E-state index contributed by atoms with van der Waals surface area (Å²) in [5.74, 6) is 3.11. The highest BCUT2D eigenvalue weighted by Gasteiger charge is 2.02. The number of fused-ring (bicyclic) bond motifs is 1. The molecule has 0 radical (unpaired) electrons. The van der Waals surface area contributed by atoms with Crippen LogP contribution in [0.5, 0.6) is 5.88 Å². The van der Waals surface area contributed by atoms with Crippen LogP contribution in [0.4, 0.5) is 0 Å². The minimum atomic E-state index is 0.484. The molecule has 0 fully saturated rings.